The number of rotatable bonds is 2. The fourth-order valence-corrected chi connectivity index (χ4v) is 2.63. The van der Waals surface area contributed by atoms with Gasteiger partial charge in [-0.1, -0.05) is 12.1 Å². The molecule has 0 N–H and O–H groups in total. The van der Waals surface area contributed by atoms with Crippen molar-refractivity contribution in [2.75, 3.05) is 6.54 Å². The third kappa shape index (κ3) is 2.94. The van der Waals surface area contributed by atoms with Crippen molar-refractivity contribution in [1.29, 1.82) is 0 Å². The van der Waals surface area contributed by atoms with E-state index in [9.17, 15) is 13.6 Å². The van der Waals surface area contributed by atoms with Gasteiger partial charge in [0.2, 0.25) is 0 Å². The molecule has 1 aromatic carbocycles. The van der Waals surface area contributed by atoms with Crippen molar-refractivity contribution < 1.29 is 13.6 Å². The Hall–Kier alpha value is -1.45. The molecule has 1 fully saturated rings. The molecule has 2 rings (SSSR count). The van der Waals surface area contributed by atoms with Crippen LogP contribution in [0.3, 0.4) is 0 Å². The second-order valence-corrected chi connectivity index (χ2v) is 5.76. The zero-order valence-corrected chi connectivity index (χ0v) is 11.5. The van der Waals surface area contributed by atoms with Gasteiger partial charge in [-0.05, 0) is 44.9 Å². The van der Waals surface area contributed by atoms with Gasteiger partial charge in [-0.3, -0.25) is 4.79 Å². The topological polar surface area (TPSA) is 20.3 Å². The Bertz CT molecular complexity index is 464. The van der Waals surface area contributed by atoms with Crippen LogP contribution < -0.4 is 0 Å². The third-order valence-corrected chi connectivity index (χ3v) is 3.69. The summed E-state index contributed by atoms with van der Waals surface area (Å²) in [5.41, 5.74) is -0.841. The van der Waals surface area contributed by atoms with Crippen LogP contribution in [0.1, 0.15) is 38.7 Å². The summed E-state index contributed by atoms with van der Waals surface area (Å²) in [5.74, 6) is -0.584. The second kappa shape index (κ2) is 4.91. The van der Waals surface area contributed by atoms with Crippen molar-refractivity contribution in [3.8, 4) is 0 Å². The van der Waals surface area contributed by atoms with Crippen molar-refractivity contribution in [3.63, 3.8) is 0 Å². The maximum atomic E-state index is 13.7. The van der Waals surface area contributed by atoms with Crippen molar-refractivity contribution >= 4 is 5.91 Å². The highest BCUT2D eigenvalue weighted by Gasteiger charge is 2.39. The lowest BCUT2D eigenvalue weighted by molar-refractivity contribution is -0.142. The van der Waals surface area contributed by atoms with Gasteiger partial charge in [-0.25, -0.2) is 8.78 Å². The summed E-state index contributed by atoms with van der Waals surface area (Å²) in [5, 5.41) is 0. The Morgan fingerprint density at radius 1 is 1.32 bits per heavy atom. The molecule has 1 aromatic rings. The molecule has 1 aliphatic heterocycles. The summed E-state index contributed by atoms with van der Waals surface area (Å²) >= 11 is 0. The van der Waals surface area contributed by atoms with Crippen LogP contribution in [0.2, 0.25) is 0 Å². The number of amides is 1. The van der Waals surface area contributed by atoms with Crippen LogP contribution >= 0.6 is 0 Å². The van der Waals surface area contributed by atoms with Gasteiger partial charge in [0, 0.05) is 18.5 Å². The molecule has 0 unspecified atom stereocenters. The summed E-state index contributed by atoms with van der Waals surface area (Å²) in [7, 11) is 0. The van der Waals surface area contributed by atoms with Crippen molar-refractivity contribution in [2.24, 2.45) is 0 Å². The van der Waals surface area contributed by atoms with Gasteiger partial charge < -0.3 is 4.90 Å². The smallest absolute Gasteiger partial charge is 0.259 e. The van der Waals surface area contributed by atoms with Crippen molar-refractivity contribution in [3.05, 3.63) is 35.6 Å². The maximum Gasteiger partial charge on any atom is 0.259 e. The molecular weight excluding hydrogens is 248 g/mol. The van der Waals surface area contributed by atoms with E-state index in [1.807, 2.05) is 6.92 Å². The first kappa shape index (κ1) is 14.0. The molecule has 104 valence electrons. The minimum absolute atomic E-state index is 0.0116. The number of carbonyl (C=O) groups excluding carboxylic acids is 1. The molecule has 2 atom stereocenters. The van der Waals surface area contributed by atoms with E-state index >= 15 is 0 Å². The van der Waals surface area contributed by atoms with Gasteiger partial charge >= 0.3 is 0 Å². The first-order valence-electron chi connectivity index (χ1n) is 6.54. The predicted molar refractivity (Wildman–Crippen MR) is 70.1 cm³/mol. The molecule has 2 nitrogen and oxygen atoms in total. The molecule has 0 bridgehead atoms. The standard InChI is InChI=1S/C15H19F2NO/c1-10-8-12(11-4-6-13(16)7-5-11)9-18(10)14(19)15(2,3)17/h4-7,10,12H,8-9H2,1-3H3/t10-,12+/m0/s1. The largest absolute Gasteiger partial charge is 0.337 e. The zero-order valence-electron chi connectivity index (χ0n) is 11.5. The molecule has 1 saturated heterocycles. The van der Waals surface area contributed by atoms with E-state index in [0.29, 0.717) is 6.54 Å². The van der Waals surface area contributed by atoms with E-state index in [-0.39, 0.29) is 17.8 Å². The van der Waals surface area contributed by atoms with Gasteiger partial charge in [-0.15, -0.1) is 0 Å². The molecule has 1 heterocycles. The number of alkyl halides is 1. The van der Waals surface area contributed by atoms with Crippen LogP contribution in [0, 0.1) is 5.82 Å². The van der Waals surface area contributed by atoms with Crippen LogP contribution in [0.15, 0.2) is 24.3 Å². The molecule has 4 heteroatoms. The highest BCUT2D eigenvalue weighted by molar-refractivity contribution is 5.84. The number of benzene rings is 1. The monoisotopic (exact) mass is 267 g/mol. The van der Waals surface area contributed by atoms with Gasteiger partial charge in [0.15, 0.2) is 5.67 Å². The summed E-state index contributed by atoms with van der Waals surface area (Å²) in [6.07, 6.45) is 0.785. The molecule has 1 aliphatic rings. The number of hydrogen-bond acceptors (Lipinski definition) is 1. The SMILES string of the molecule is C[C@H]1C[C@@H](c2ccc(F)cc2)CN1C(=O)C(C)(C)F. The lowest BCUT2D eigenvalue weighted by Gasteiger charge is -2.26. The summed E-state index contributed by atoms with van der Waals surface area (Å²) in [6, 6.07) is 6.33. The van der Waals surface area contributed by atoms with Gasteiger partial charge in [-0.2, -0.15) is 0 Å². The average molecular weight is 267 g/mol. The third-order valence-electron chi connectivity index (χ3n) is 3.69. The van der Waals surface area contributed by atoms with Gasteiger partial charge in [0.05, 0.1) is 0 Å². The molecular formula is C15H19F2NO. The number of nitrogens with zero attached hydrogens (tertiary/aromatic N) is 1. The normalized spacial score (nSPS) is 23.7. The number of likely N-dealkylation sites (tertiary alicyclic amines) is 1. The Morgan fingerprint density at radius 2 is 1.89 bits per heavy atom. The number of halogens is 2. The molecule has 0 spiro atoms. The van der Waals surface area contributed by atoms with Crippen LogP contribution in [-0.4, -0.2) is 29.1 Å². The zero-order chi connectivity index (χ0) is 14.2. The van der Waals surface area contributed by atoms with Crippen molar-refractivity contribution in [1.82, 2.24) is 4.90 Å². The molecule has 0 saturated carbocycles. The summed E-state index contributed by atoms with van der Waals surface area (Å²) in [6.45, 7) is 4.99. The fourth-order valence-electron chi connectivity index (χ4n) is 2.63. The Morgan fingerprint density at radius 3 is 2.42 bits per heavy atom. The molecule has 19 heavy (non-hydrogen) atoms. The number of hydrogen-bond donors (Lipinski definition) is 0. The van der Waals surface area contributed by atoms with E-state index < -0.39 is 11.6 Å². The predicted octanol–water partition coefficient (Wildman–Crippen LogP) is 3.28. The van der Waals surface area contributed by atoms with E-state index in [1.54, 1.807) is 17.0 Å². The fraction of sp³-hybridized carbons (Fsp3) is 0.533. The molecule has 0 radical (unpaired) electrons. The Balaban J connectivity index is 2.13. The lowest BCUT2D eigenvalue weighted by Crippen LogP contribution is -2.44. The van der Waals surface area contributed by atoms with Crippen LogP contribution in [0.5, 0.6) is 0 Å². The quantitative estimate of drug-likeness (QED) is 0.805. The lowest BCUT2D eigenvalue weighted by atomic mass is 9.97. The summed E-state index contributed by atoms with van der Waals surface area (Å²) < 4.78 is 26.6. The first-order valence-corrected chi connectivity index (χ1v) is 6.54. The second-order valence-electron chi connectivity index (χ2n) is 5.76. The first-order chi connectivity index (χ1) is 8.79. The molecule has 0 aromatic heterocycles. The van der Waals surface area contributed by atoms with Gasteiger partial charge in [0.25, 0.3) is 5.91 Å². The minimum atomic E-state index is -1.84. The van der Waals surface area contributed by atoms with Crippen LogP contribution in [-0.2, 0) is 4.79 Å². The molecule has 1 amide bonds. The highest BCUT2D eigenvalue weighted by atomic mass is 19.1. The van der Waals surface area contributed by atoms with E-state index in [4.69, 9.17) is 0 Å². The highest BCUT2D eigenvalue weighted by Crippen LogP contribution is 2.33. The Kier molecular flexibility index (Phi) is 3.61. The summed E-state index contributed by atoms with van der Waals surface area (Å²) in [4.78, 5) is 13.6. The van der Waals surface area contributed by atoms with Crippen LogP contribution in [0.25, 0.3) is 0 Å². The van der Waals surface area contributed by atoms with Crippen LogP contribution in [0.4, 0.5) is 8.78 Å². The van der Waals surface area contributed by atoms with Gasteiger partial charge in [0.1, 0.15) is 5.82 Å². The average Bonchev–Trinajstić information content (AvgIpc) is 2.70. The van der Waals surface area contributed by atoms with E-state index in [1.165, 1.54) is 26.0 Å². The number of carbonyl (C=O) groups is 1. The van der Waals surface area contributed by atoms with Crippen molar-refractivity contribution in [2.45, 2.75) is 44.8 Å². The Labute approximate surface area is 112 Å². The van der Waals surface area contributed by atoms with E-state index in [2.05, 4.69) is 0 Å². The molecule has 0 aliphatic carbocycles. The van der Waals surface area contributed by atoms with E-state index in [0.717, 1.165) is 12.0 Å². The maximum absolute atomic E-state index is 13.7. The minimum Gasteiger partial charge on any atom is -0.337 e.